The molecule has 0 saturated heterocycles. The molecule has 0 radical (unpaired) electrons. The van der Waals surface area contributed by atoms with E-state index in [4.69, 9.17) is 15.0 Å². The Hall–Kier alpha value is -1.31. The van der Waals surface area contributed by atoms with E-state index in [1.807, 2.05) is 6.92 Å². The Labute approximate surface area is 118 Å². The lowest BCUT2D eigenvalue weighted by Gasteiger charge is -2.05. The van der Waals surface area contributed by atoms with Crippen LogP contribution in [0.1, 0.15) is 18.8 Å². The second-order valence-corrected chi connectivity index (χ2v) is 4.68. The highest BCUT2D eigenvalue weighted by molar-refractivity contribution is 9.10. The van der Waals surface area contributed by atoms with Crippen LogP contribution in [0.4, 0.5) is 4.39 Å². The van der Waals surface area contributed by atoms with Crippen LogP contribution in [-0.2, 0) is 4.74 Å². The SMILES string of the molecule is CCOCC(N)c1noc(-c2cccc(Br)c2F)n1. The Balaban J connectivity index is 2.23. The third kappa shape index (κ3) is 3.17. The summed E-state index contributed by atoms with van der Waals surface area (Å²) in [5, 5.41) is 3.74. The first-order valence-electron chi connectivity index (χ1n) is 5.74. The number of hydrogen-bond donors (Lipinski definition) is 1. The predicted molar refractivity (Wildman–Crippen MR) is 70.8 cm³/mol. The number of nitrogens with zero attached hydrogens (tertiary/aromatic N) is 2. The van der Waals surface area contributed by atoms with Crippen molar-refractivity contribution in [3.8, 4) is 11.5 Å². The van der Waals surface area contributed by atoms with Crippen LogP contribution in [0, 0.1) is 5.82 Å². The summed E-state index contributed by atoms with van der Waals surface area (Å²) in [5.74, 6) is -0.0559. The molecule has 1 atom stereocenters. The topological polar surface area (TPSA) is 74.2 Å². The number of rotatable bonds is 5. The first-order valence-corrected chi connectivity index (χ1v) is 6.54. The monoisotopic (exact) mass is 329 g/mol. The largest absolute Gasteiger partial charge is 0.380 e. The maximum absolute atomic E-state index is 13.9. The van der Waals surface area contributed by atoms with Gasteiger partial charge >= 0.3 is 0 Å². The molecular formula is C12H13BrFN3O2. The highest BCUT2D eigenvalue weighted by Gasteiger charge is 2.18. The smallest absolute Gasteiger partial charge is 0.260 e. The molecule has 1 heterocycles. The van der Waals surface area contributed by atoms with Gasteiger partial charge in [-0.1, -0.05) is 11.2 Å². The van der Waals surface area contributed by atoms with E-state index in [1.54, 1.807) is 18.2 Å². The average Bonchev–Trinajstić information content (AvgIpc) is 2.88. The van der Waals surface area contributed by atoms with Crippen LogP contribution < -0.4 is 5.73 Å². The summed E-state index contributed by atoms with van der Waals surface area (Å²) in [4.78, 5) is 4.09. The highest BCUT2D eigenvalue weighted by Crippen LogP contribution is 2.27. The van der Waals surface area contributed by atoms with Crippen molar-refractivity contribution >= 4 is 15.9 Å². The zero-order valence-electron chi connectivity index (χ0n) is 10.3. The van der Waals surface area contributed by atoms with Gasteiger partial charge in [-0.15, -0.1) is 0 Å². The van der Waals surface area contributed by atoms with Crippen LogP contribution in [0.5, 0.6) is 0 Å². The molecule has 5 nitrogen and oxygen atoms in total. The van der Waals surface area contributed by atoms with Gasteiger partial charge in [0.1, 0.15) is 5.82 Å². The van der Waals surface area contributed by atoms with E-state index in [0.717, 1.165) is 0 Å². The number of nitrogens with two attached hydrogens (primary N) is 1. The van der Waals surface area contributed by atoms with Crippen LogP contribution in [0.2, 0.25) is 0 Å². The molecule has 0 spiro atoms. The van der Waals surface area contributed by atoms with Crippen molar-refractivity contribution < 1.29 is 13.7 Å². The standard InChI is InChI=1S/C12H13BrFN3O2/c1-2-18-6-9(15)11-16-12(19-17-11)7-4-3-5-8(13)10(7)14/h3-5,9H,2,6,15H2,1H3. The third-order valence-electron chi connectivity index (χ3n) is 2.46. The molecule has 2 aromatic rings. The summed E-state index contributed by atoms with van der Waals surface area (Å²) in [6.45, 7) is 2.71. The van der Waals surface area contributed by atoms with Crippen molar-refractivity contribution in [1.82, 2.24) is 10.1 Å². The van der Waals surface area contributed by atoms with Crippen molar-refractivity contribution in [3.05, 3.63) is 34.3 Å². The van der Waals surface area contributed by atoms with Crippen LogP contribution in [0.15, 0.2) is 27.2 Å². The van der Waals surface area contributed by atoms with Gasteiger partial charge in [0.2, 0.25) is 0 Å². The van der Waals surface area contributed by atoms with E-state index >= 15 is 0 Å². The molecule has 1 unspecified atom stereocenters. The van der Waals surface area contributed by atoms with Crippen LogP contribution in [-0.4, -0.2) is 23.4 Å². The first kappa shape index (κ1) is 14.1. The van der Waals surface area contributed by atoms with Gasteiger partial charge in [0, 0.05) is 6.61 Å². The van der Waals surface area contributed by atoms with Crippen molar-refractivity contribution in [2.24, 2.45) is 5.73 Å². The number of aromatic nitrogens is 2. The van der Waals surface area contributed by atoms with Gasteiger partial charge in [0.25, 0.3) is 5.89 Å². The Morgan fingerprint density at radius 2 is 2.32 bits per heavy atom. The van der Waals surface area contributed by atoms with Crippen LogP contribution in [0.25, 0.3) is 11.5 Å². The zero-order chi connectivity index (χ0) is 13.8. The van der Waals surface area contributed by atoms with Crippen molar-refractivity contribution in [2.45, 2.75) is 13.0 Å². The summed E-state index contributed by atoms with van der Waals surface area (Å²) >= 11 is 3.10. The predicted octanol–water partition coefficient (Wildman–Crippen LogP) is 2.67. The lowest BCUT2D eigenvalue weighted by molar-refractivity contribution is 0.130. The Bertz CT molecular complexity index is 562. The normalized spacial score (nSPS) is 12.6. The summed E-state index contributed by atoms with van der Waals surface area (Å²) in [6, 6.07) is 4.35. The molecule has 19 heavy (non-hydrogen) atoms. The van der Waals surface area contributed by atoms with E-state index in [-0.39, 0.29) is 18.1 Å². The summed E-state index contributed by atoms with van der Waals surface area (Å²) < 4.78 is 24.4. The molecule has 1 aromatic carbocycles. The van der Waals surface area contributed by atoms with Gasteiger partial charge in [-0.25, -0.2) is 4.39 Å². The second-order valence-electron chi connectivity index (χ2n) is 3.83. The summed E-state index contributed by atoms with van der Waals surface area (Å²) in [7, 11) is 0. The molecule has 2 rings (SSSR count). The van der Waals surface area contributed by atoms with Gasteiger partial charge in [-0.3, -0.25) is 0 Å². The fourth-order valence-corrected chi connectivity index (χ4v) is 1.85. The molecule has 0 fully saturated rings. The number of benzene rings is 1. The Kier molecular flexibility index (Phi) is 4.62. The Morgan fingerprint density at radius 3 is 3.05 bits per heavy atom. The molecule has 0 aliphatic heterocycles. The molecule has 2 N–H and O–H groups in total. The average molecular weight is 330 g/mol. The third-order valence-corrected chi connectivity index (χ3v) is 3.07. The van der Waals surface area contributed by atoms with E-state index in [9.17, 15) is 4.39 Å². The van der Waals surface area contributed by atoms with E-state index < -0.39 is 11.9 Å². The van der Waals surface area contributed by atoms with Gasteiger partial charge in [-0.05, 0) is 35.0 Å². The lowest BCUT2D eigenvalue weighted by Crippen LogP contribution is -2.18. The number of ether oxygens (including phenoxy) is 1. The maximum atomic E-state index is 13.9. The molecular weight excluding hydrogens is 317 g/mol. The lowest BCUT2D eigenvalue weighted by atomic mass is 10.2. The van der Waals surface area contributed by atoms with Crippen LogP contribution in [0.3, 0.4) is 0 Å². The molecule has 1 aromatic heterocycles. The molecule has 0 bridgehead atoms. The minimum absolute atomic E-state index is 0.0979. The minimum atomic E-state index is -0.493. The first-order chi connectivity index (χ1) is 9.13. The Morgan fingerprint density at radius 1 is 1.53 bits per heavy atom. The zero-order valence-corrected chi connectivity index (χ0v) is 11.9. The maximum Gasteiger partial charge on any atom is 0.260 e. The van der Waals surface area contributed by atoms with E-state index in [0.29, 0.717) is 16.9 Å². The van der Waals surface area contributed by atoms with Gasteiger partial charge in [0.05, 0.1) is 22.7 Å². The molecule has 0 aliphatic rings. The summed E-state index contributed by atoms with van der Waals surface area (Å²) in [5.41, 5.74) is 6.06. The van der Waals surface area contributed by atoms with E-state index in [2.05, 4.69) is 26.1 Å². The quantitative estimate of drug-likeness (QED) is 0.912. The second kappa shape index (κ2) is 6.23. The van der Waals surface area contributed by atoms with Crippen LogP contribution >= 0.6 is 15.9 Å². The van der Waals surface area contributed by atoms with Gasteiger partial charge in [0.15, 0.2) is 5.82 Å². The van der Waals surface area contributed by atoms with Crippen molar-refractivity contribution in [1.29, 1.82) is 0 Å². The van der Waals surface area contributed by atoms with E-state index in [1.165, 1.54) is 0 Å². The van der Waals surface area contributed by atoms with Crippen molar-refractivity contribution in [2.75, 3.05) is 13.2 Å². The van der Waals surface area contributed by atoms with Gasteiger partial charge in [-0.2, -0.15) is 4.98 Å². The van der Waals surface area contributed by atoms with Crippen molar-refractivity contribution in [3.63, 3.8) is 0 Å². The fraction of sp³-hybridized carbons (Fsp3) is 0.333. The highest BCUT2D eigenvalue weighted by atomic mass is 79.9. The number of halogens is 2. The molecule has 0 amide bonds. The molecule has 0 aliphatic carbocycles. The minimum Gasteiger partial charge on any atom is -0.380 e. The molecule has 7 heteroatoms. The van der Waals surface area contributed by atoms with Gasteiger partial charge < -0.3 is 15.0 Å². The fourth-order valence-electron chi connectivity index (χ4n) is 1.48. The summed E-state index contributed by atoms with van der Waals surface area (Å²) in [6.07, 6.45) is 0. The molecule has 102 valence electrons. The molecule has 0 saturated carbocycles. The number of hydrogen-bond acceptors (Lipinski definition) is 5.